The summed E-state index contributed by atoms with van der Waals surface area (Å²) in [5, 5.41) is 19.7. The van der Waals surface area contributed by atoms with Gasteiger partial charge >= 0.3 is 0 Å². The fraction of sp³-hybridized carbons (Fsp3) is 0.0526. The average molecular weight is 494 g/mol. The summed E-state index contributed by atoms with van der Waals surface area (Å²) in [7, 11) is -5.16. The van der Waals surface area contributed by atoms with Gasteiger partial charge in [0, 0.05) is 26.2 Å². The molecule has 0 fully saturated rings. The van der Waals surface area contributed by atoms with Gasteiger partial charge in [-0.1, -0.05) is 64.6 Å². The number of aromatic hydroxyl groups is 2. The summed E-state index contributed by atoms with van der Waals surface area (Å²) in [6, 6.07) is 11.6. The Labute approximate surface area is 186 Å². The SMILES string of the molecule is O=S(=O)(O)C(c1ccc(O)cc1)(c1c(Cl)cccc1Cl)c1c(Cl)ccc(Cl)c1O. The van der Waals surface area contributed by atoms with Gasteiger partial charge in [-0.15, -0.1) is 0 Å². The smallest absolute Gasteiger partial charge is 0.283 e. The molecule has 3 N–H and O–H groups in total. The van der Waals surface area contributed by atoms with Gasteiger partial charge in [-0.25, -0.2) is 0 Å². The molecule has 1 atom stereocenters. The molecule has 3 rings (SSSR count). The minimum absolute atomic E-state index is 0.0905. The van der Waals surface area contributed by atoms with Crippen LogP contribution in [-0.4, -0.2) is 23.2 Å². The highest BCUT2D eigenvalue weighted by Crippen LogP contribution is 2.54. The summed E-state index contributed by atoms with van der Waals surface area (Å²) in [5.74, 6) is -0.842. The van der Waals surface area contributed by atoms with E-state index in [9.17, 15) is 23.2 Å². The second kappa shape index (κ2) is 7.87. The Morgan fingerprint density at radius 2 is 1.17 bits per heavy atom. The Balaban J connectivity index is 2.68. The zero-order valence-electron chi connectivity index (χ0n) is 14.3. The van der Waals surface area contributed by atoms with Gasteiger partial charge < -0.3 is 10.2 Å². The van der Waals surface area contributed by atoms with Crippen molar-refractivity contribution < 1.29 is 23.2 Å². The molecule has 0 aliphatic heterocycles. The van der Waals surface area contributed by atoms with E-state index in [2.05, 4.69) is 0 Å². The number of halogens is 4. The van der Waals surface area contributed by atoms with Crippen LogP contribution in [0.4, 0.5) is 0 Å². The number of phenols is 2. The maximum absolute atomic E-state index is 13.0. The van der Waals surface area contributed by atoms with Crippen molar-refractivity contribution >= 4 is 56.5 Å². The van der Waals surface area contributed by atoms with Crippen molar-refractivity contribution in [3.05, 3.63) is 91.4 Å². The first-order valence-corrected chi connectivity index (χ1v) is 10.9. The van der Waals surface area contributed by atoms with E-state index < -0.39 is 26.2 Å². The molecule has 0 radical (unpaired) electrons. The lowest BCUT2D eigenvalue weighted by Crippen LogP contribution is -2.39. The second-order valence-electron chi connectivity index (χ2n) is 6.05. The van der Waals surface area contributed by atoms with E-state index in [0.29, 0.717) is 0 Å². The van der Waals surface area contributed by atoms with Crippen molar-refractivity contribution in [2.75, 3.05) is 0 Å². The quantitative estimate of drug-likeness (QED) is 0.311. The van der Waals surface area contributed by atoms with Crippen LogP contribution >= 0.6 is 46.4 Å². The van der Waals surface area contributed by atoms with Gasteiger partial charge in [-0.05, 0) is 42.0 Å². The average Bonchev–Trinajstić information content (AvgIpc) is 2.63. The normalized spacial score (nSPS) is 13.8. The van der Waals surface area contributed by atoms with E-state index in [-0.39, 0.29) is 37.0 Å². The Morgan fingerprint density at radius 3 is 1.69 bits per heavy atom. The third-order valence-electron chi connectivity index (χ3n) is 4.41. The highest BCUT2D eigenvalue weighted by Gasteiger charge is 2.53. The lowest BCUT2D eigenvalue weighted by atomic mass is 9.83. The van der Waals surface area contributed by atoms with E-state index in [1.807, 2.05) is 0 Å². The molecule has 0 aliphatic carbocycles. The van der Waals surface area contributed by atoms with E-state index in [4.69, 9.17) is 46.4 Å². The van der Waals surface area contributed by atoms with Crippen LogP contribution < -0.4 is 0 Å². The zero-order chi connectivity index (χ0) is 21.6. The molecular weight excluding hydrogens is 482 g/mol. The monoisotopic (exact) mass is 492 g/mol. The molecule has 0 saturated carbocycles. The summed E-state index contributed by atoms with van der Waals surface area (Å²) >= 11 is 25.0. The van der Waals surface area contributed by atoms with Crippen molar-refractivity contribution in [1.82, 2.24) is 0 Å². The van der Waals surface area contributed by atoms with Crippen molar-refractivity contribution in [2.24, 2.45) is 0 Å². The maximum Gasteiger partial charge on any atom is 0.283 e. The molecule has 152 valence electrons. The van der Waals surface area contributed by atoms with Crippen LogP contribution in [0.25, 0.3) is 0 Å². The molecular formula is C19H12Cl4O5S. The molecule has 0 bridgehead atoms. The Morgan fingerprint density at radius 1 is 0.690 bits per heavy atom. The lowest BCUT2D eigenvalue weighted by Gasteiger charge is -2.35. The van der Waals surface area contributed by atoms with Gasteiger partial charge in [0.05, 0.1) is 5.02 Å². The predicted octanol–water partition coefficient (Wildman–Crippen LogP) is 5.89. The van der Waals surface area contributed by atoms with Crippen LogP contribution in [0.3, 0.4) is 0 Å². The van der Waals surface area contributed by atoms with Gasteiger partial charge in [-0.3, -0.25) is 4.55 Å². The number of hydrogen-bond donors (Lipinski definition) is 3. The second-order valence-corrected chi connectivity index (χ2v) is 9.24. The standard InChI is InChI=1S/C19H12Cl4O5S/c20-12-2-1-3-13(21)16(12)19(29(26,27)28,10-4-6-11(24)7-5-10)17-14(22)8-9-15(23)18(17)25/h1-9,24-25H,(H,26,27,28). The van der Waals surface area contributed by atoms with Gasteiger partial charge in [0.25, 0.3) is 10.1 Å². The zero-order valence-corrected chi connectivity index (χ0v) is 18.1. The molecule has 3 aromatic rings. The Bertz CT molecular complexity index is 1180. The van der Waals surface area contributed by atoms with E-state index >= 15 is 0 Å². The highest BCUT2D eigenvalue weighted by atomic mass is 35.5. The maximum atomic E-state index is 13.0. The van der Waals surface area contributed by atoms with Crippen LogP contribution in [0.1, 0.15) is 16.7 Å². The fourth-order valence-electron chi connectivity index (χ4n) is 3.23. The molecule has 0 aliphatic rings. The molecule has 0 aromatic heterocycles. The molecule has 29 heavy (non-hydrogen) atoms. The minimum Gasteiger partial charge on any atom is -0.508 e. The number of rotatable bonds is 4. The largest absolute Gasteiger partial charge is 0.508 e. The molecule has 3 aromatic carbocycles. The Kier molecular flexibility index (Phi) is 5.98. The summed E-state index contributed by atoms with van der Waals surface area (Å²) in [6.45, 7) is 0. The molecule has 0 spiro atoms. The number of benzene rings is 3. The van der Waals surface area contributed by atoms with Crippen molar-refractivity contribution in [3.63, 3.8) is 0 Å². The van der Waals surface area contributed by atoms with Crippen LogP contribution in [-0.2, 0) is 14.9 Å². The van der Waals surface area contributed by atoms with E-state index in [1.54, 1.807) is 0 Å². The summed E-state index contributed by atoms with van der Waals surface area (Å²) in [4.78, 5) is 0. The Hall–Kier alpha value is -1.67. The third-order valence-corrected chi connectivity index (χ3v) is 7.07. The topological polar surface area (TPSA) is 94.8 Å². The molecule has 0 saturated heterocycles. The number of phenolic OH excluding ortho intramolecular Hbond substituents is 2. The first-order valence-electron chi connectivity index (χ1n) is 7.90. The van der Waals surface area contributed by atoms with Crippen LogP contribution in [0.5, 0.6) is 11.5 Å². The summed E-state index contributed by atoms with van der Waals surface area (Å²) < 4.78 is 34.0. The van der Waals surface area contributed by atoms with Gasteiger partial charge in [-0.2, -0.15) is 8.42 Å². The third kappa shape index (κ3) is 3.54. The first-order chi connectivity index (χ1) is 13.5. The molecule has 0 amide bonds. The molecule has 1 unspecified atom stereocenters. The predicted molar refractivity (Wildman–Crippen MR) is 114 cm³/mol. The van der Waals surface area contributed by atoms with Gasteiger partial charge in [0.15, 0.2) is 4.75 Å². The molecule has 5 nitrogen and oxygen atoms in total. The first kappa shape index (κ1) is 22.0. The van der Waals surface area contributed by atoms with E-state index in [0.717, 1.165) is 0 Å². The molecule has 0 heterocycles. The van der Waals surface area contributed by atoms with Crippen LogP contribution in [0.15, 0.2) is 54.6 Å². The van der Waals surface area contributed by atoms with Crippen molar-refractivity contribution in [3.8, 4) is 11.5 Å². The van der Waals surface area contributed by atoms with Crippen LogP contribution in [0, 0.1) is 0 Å². The number of hydrogen-bond acceptors (Lipinski definition) is 4. The van der Waals surface area contributed by atoms with Crippen LogP contribution in [0.2, 0.25) is 20.1 Å². The highest BCUT2D eigenvalue weighted by molar-refractivity contribution is 7.87. The summed E-state index contributed by atoms with van der Waals surface area (Å²) in [5.41, 5.74) is -0.766. The van der Waals surface area contributed by atoms with Crippen molar-refractivity contribution in [2.45, 2.75) is 4.75 Å². The summed E-state index contributed by atoms with van der Waals surface area (Å²) in [6.07, 6.45) is 0. The van der Waals surface area contributed by atoms with E-state index in [1.165, 1.54) is 54.6 Å². The van der Waals surface area contributed by atoms with Crippen molar-refractivity contribution in [1.29, 1.82) is 0 Å². The van der Waals surface area contributed by atoms with Gasteiger partial charge in [0.1, 0.15) is 11.5 Å². The van der Waals surface area contributed by atoms with Gasteiger partial charge in [0.2, 0.25) is 0 Å². The minimum atomic E-state index is -5.16. The lowest BCUT2D eigenvalue weighted by molar-refractivity contribution is 0.440. The molecule has 10 heteroatoms. The fourth-order valence-corrected chi connectivity index (χ4v) is 5.90.